The first-order valence-electron chi connectivity index (χ1n) is 10.4. The molecule has 1 aliphatic rings. The lowest BCUT2D eigenvalue weighted by Crippen LogP contribution is -2.33. The largest absolute Gasteiger partial charge is 0.349 e. The summed E-state index contributed by atoms with van der Waals surface area (Å²) in [6.07, 6.45) is 12.4. The summed E-state index contributed by atoms with van der Waals surface area (Å²) in [5.41, 5.74) is 5.03. The van der Waals surface area contributed by atoms with Gasteiger partial charge in [0.15, 0.2) is 5.65 Å². The van der Waals surface area contributed by atoms with Crippen LogP contribution in [-0.4, -0.2) is 26.5 Å². The van der Waals surface area contributed by atoms with Crippen molar-refractivity contribution < 1.29 is 4.79 Å². The van der Waals surface area contributed by atoms with Crippen molar-refractivity contribution in [2.24, 2.45) is 0 Å². The van der Waals surface area contributed by atoms with Gasteiger partial charge < -0.3 is 5.32 Å². The van der Waals surface area contributed by atoms with E-state index < -0.39 is 0 Å². The van der Waals surface area contributed by atoms with Crippen molar-refractivity contribution in [3.8, 4) is 0 Å². The third-order valence-electron chi connectivity index (χ3n) is 5.65. The van der Waals surface area contributed by atoms with E-state index in [0.717, 1.165) is 25.7 Å². The van der Waals surface area contributed by atoms with Crippen LogP contribution in [0.15, 0.2) is 42.7 Å². The lowest BCUT2D eigenvalue weighted by atomic mass is 9.98. The molecule has 2 aromatic heterocycles. The molecule has 1 amide bonds. The average molecular weight is 377 g/mol. The highest BCUT2D eigenvalue weighted by atomic mass is 16.1. The normalized spacial score (nSPS) is 15.5. The molecule has 4 rings (SSSR count). The molecule has 5 heteroatoms. The van der Waals surface area contributed by atoms with Gasteiger partial charge in [0.05, 0.1) is 6.20 Å². The predicted molar refractivity (Wildman–Crippen MR) is 111 cm³/mol. The molecule has 3 aromatic rings. The van der Waals surface area contributed by atoms with Gasteiger partial charge in [0, 0.05) is 17.9 Å². The highest BCUT2D eigenvalue weighted by Crippen LogP contribution is 2.21. The van der Waals surface area contributed by atoms with Crippen LogP contribution in [0.25, 0.3) is 5.65 Å². The number of fused-ring (bicyclic) bond motifs is 3. The van der Waals surface area contributed by atoms with Crippen LogP contribution in [-0.2, 0) is 19.3 Å². The fraction of sp³-hybridized carbons (Fsp3) is 0.435. The maximum atomic E-state index is 12.8. The Morgan fingerprint density at radius 2 is 1.89 bits per heavy atom. The fourth-order valence-corrected chi connectivity index (χ4v) is 4.01. The number of aryl methyl sites for hydroxylation is 3. The van der Waals surface area contributed by atoms with E-state index in [1.807, 2.05) is 28.9 Å². The molecule has 0 fully saturated rings. The Hall–Kier alpha value is -2.69. The minimum Gasteiger partial charge on any atom is -0.349 e. The number of hydrogen-bond acceptors (Lipinski definition) is 3. The smallest absolute Gasteiger partial charge is 0.256 e. The second-order valence-corrected chi connectivity index (χ2v) is 7.84. The Kier molecular flexibility index (Phi) is 5.70. The minimum atomic E-state index is -0.0890. The number of amides is 1. The van der Waals surface area contributed by atoms with E-state index in [0.29, 0.717) is 11.2 Å². The number of benzene rings is 1. The lowest BCUT2D eigenvalue weighted by molar-refractivity contribution is 0.0940. The first kappa shape index (κ1) is 18.7. The van der Waals surface area contributed by atoms with Gasteiger partial charge in [-0.15, -0.1) is 0 Å². The Balaban J connectivity index is 1.47. The standard InChI is InChI=1S/C23H28N4O/c1-17(13-14-18-9-5-4-6-10-18)26-23(28)20-16-25-27-21-12-8-3-2-7-11-19(21)15-24-22(20)27/h4-6,9-10,15-17H,2-3,7-8,11-14H2,1H3,(H,26,28)/t17-/m0/s1. The van der Waals surface area contributed by atoms with E-state index in [9.17, 15) is 4.79 Å². The first-order chi connectivity index (χ1) is 13.7. The van der Waals surface area contributed by atoms with Gasteiger partial charge in [-0.25, -0.2) is 9.50 Å². The molecular formula is C23H28N4O. The molecule has 1 aromatic carbocycles. The van der Waals surface area contributed by atoms with Crippen LogP contribution in [0, 0.1) is 0 Å². The first-order valence-corrected chi connectivity index (χ1v) is 10.4. The summed E-state index contributed by atoms with van der Waals surface area (Å²) in [4.78, 5) is 17.4. The molecule has 0 saturated carbocycles. The molecule has 0 radical (unpaired) electrons. The number of nitrogens with one attached hydrogen (secondary N) is 1. The number of carbonyl (C=O) groups excluding carboxylic acids is 1. The van der Waals surface area contributed by atoms with Gasteiger partial charge in [0.1, 0.15) is 5.56 Å². The van der Waals surface area contributed by atoms with Crippen molar-refractivity contribution in [3.05, 3.63) is 65.1 Å². The quantitative estimate of drug-likeness (QED) is 0.728. The highest BCUT2D eigenvalue weighted by Gasteiger charge is 2.19. The maximum Gasteiger partial charge on any atom is 0.256 e. The summed E-state index contributed by atoms with van der Waals surface area (Å²) in [7, 11) is 0. The van der Waals surface area contributed by atoms with E-state index in [4.69, 9.17) is 0 Å². The second-order valence-electron chi connectivity index (χ2n) is 7.84. The van der Waals surface area contributed by atoms with Crippen LogP contribution in [0.5, 0.6) is 0 Å². The number of hydrogen-bond donors (Lipinski definition) is 1. The SMILES string of the molecule is C[C@@H](CCc1ccccc1)NC(=O)c1cnn2c3c(cnc12)CCCCCC3. The number of rotatable bonds is 5. The van der Waals surface area contributed by atoms with Crippen molar-refractivity contribution in [2.75, 3.05) is 0 Å². The molecule has 1 N–H and O–H groups in total. The van der Waals surface area contributed by atoms with Crippen molar-refractivity contribution in [1.29, 1.82) is 0 Å². The molecular weight excluding hydrogens is 348 g/mol. The minimum absolute atomic E-state index is 0.0890. The summed E-state index contributed by atoms with van der Waals surface area (Å²) >= 11 is 0. The molecule has 0 spiro atoms. The summed E-state index contributed by atoms with van der Waals surface area (Å²) in [6.45, 7) is 2.05. The Morgan fingerprint density at radius 1 is 1.11 bits per heavy atom. The fourth-order valence-electron chi connectivity index (χ4n) is 4.01. The van der Waals surface area contributed by atoms with E-state index in [-0.39, 0.29) is 11.9 Å². The molecule has 1 atom stereocenters. The Labute approximate surface area is 166 Å². The zero-order valence-electron chi connectivity index (χ0n) is 16.5. The van der Waals surface area contributed by atoms with Gasteiger partial charge in [-0.3, -0.25) is 4.79 Å². The molecule has 2 heterocycles. The maximum absolute atomic E-state index is 12.8. The van der Waals surface area contributed by atoms with Crippen LogP contribution < -0.4 is 5.32 Å². The monoisotopic (exact) mass is 376 g/mol. The third kappa shape index (κ3) is 4.08. The van der Waals surface area contributed by atoms with Crippen molar-refractivity contribution in [3.63, 3.8) is 0 Å². The summed E-state index contributed by atoms with van der Waals surface area (Å²) in [6, 6.07) is 10.5. The van der Waals surface area contributed by atoms with Crippen LogP contribution in [0.4, 0.5) is 0 Å². The van der Waals surface area contributed by atoms with Crippen molar-refractivity contribution >= 4 is 11.6 Å². The number of carbonyl (C=O) groups is 1. The van der Waals surface area contributed by atoms with Gasteiger partial charge in [0.2, 0.25) is 0 Å². The van der Waals surface area contributed by atoms with E-state index in [1.54, 1.807) is 6.20 Å². The van der Waals surface area contributed by atoms with Gasteiger partial charge in [-0.1, -0.05) is 43.2 Å². The zero-order valence-corrected chi connectivity index (χ0v) is 16.5. The van der Waals surface area contributed by atoms with Crippen LogP contribution in [0.1, 0.15) is 66.2 Å². The number of aromatic nitrogens is 3. The molecule has 0 saturated heterocycles. The summed E-state index contributed by atoms with van der Waals surface area (Å²) in [5.74, 6) is -0.0890. The molecule has 146 valence electrons. The number of nitrogens with zero attached hydrogens (tertiary/aromatic N) is 3. The molecule has 0 bridgehead atoms. The molecule has 5 nitrogen and oxygen atoms in total. The van der Waals surface area contributed by atoms with Crippen LogP contribution in [0.2, 0.25) is 0 Å². The second kappa shape index (κ2) is 8.55. The third-order valence-corrected chi connectivity index (χ3v) is 5.65. The van der Waals surface area contributed by atoms with Gasteiger partial charge in [-0.2, -0.15) is 5.10 Å². The van der Waals surface area contributed by atoms with E-state index in [1.165, 1.54) is 42.5 Å². The van der Waals surface area contributed by atoms with Gasteiger partial charge in [-0.05, 0) is 56.6 Å². The summed E-state index contributed by atoms with van der Waals surface area (Å²) in [5, 5.41) is 7.63. The van der Waals surface area contributed by atoms with Gasteiger partial charge >= 0.3 is 0 Å². The van der Waals surface area contributed by atoms with E-state index >= 15 is 0 Å². The Bertz CT molecular complexity index is 948. The van der Waals surface area contributed by atoms with Crippen LogP contribution >= 0.6 is 0 Å². The van der Waals surface area contributed by atoms with Gasteiger partial charge in [0.25, 0.3) is 5.91 Å². The zero-order chi connectivity index (χ0) is 19.3. The molecule has 1 aliphatic carbocycles. The topological polar surface area (TPSA) is 59.3 Å². The average Bonchev–Trinajstić information content (AvgIpc) is 3.12. The van der Waals surface area contributed by atoms with Crippen molar-refractivity contribution in [2.45, 2.75) is 64.3 Å². The van der Waals surface area contributed by atoms with Crippen LogP contribution in [0.3, 0.4) is 0 Å². The molecule has 28 heavy (non-hydrogen) atoms. The van der Waals surface area contributed by atoms with Crippen molar-refractivity contribution in [1.82, 2.24) is 19.9 Å². The highest BCUT2D eigenvalue weighted by molar-refractivity contribution is 5.99. The Morgan fingerprint density at radius 3 is 2.71 bits per heavy atom. The summed E-state index contributed by atoms with van der Waals surface area (Å²) < 4.78 is 1.89. The van der Waals surface area contributed by atoms with E-state index in [2.05, 4.69) is 34.5 Å². The molecule has 0 unspecified atom stereocenters. The predicted octanol–water partition coefficient (Wildman–Crippen LogP) is 4.14. The molecule has 0 aliphatic heterocycles. The lowest BCUT2D eigenvalue weighted by Gasteiger charge is -2.15.